The van der Waals surface area contributed by atoms with Crippen LogP contribution in [0.15, 0.2) is 47.5 Å². The van der Waals surface area contributed by atoms with Gasteiger partial charge in [0, 0.05) is 22.3 Å². The van der Waals surface area contributed by atoms with E-state index >= 15 is 0 Å². The Balaban J connectivity index is 1.57. The van der Waals surface area contributed by atoms with Crippen molar-refractivity contribution in [3.05, 3.63) is 63.6 Å². The number of nitrogens with one attached hydrogen (secondary N) is 2. The van der Waals surface area contributed by atoms with Crippen LogP contribution in [0.25, 0.3) is 0 Å². The molecule has 6 nitrogen and oxygen atoms in total. The number of amides is 1. The van der Waals surface area contributed by atoms with Crippen LogP contribution in [0.4, 0.5) is 5.69 Å². The molecule has 8 heteroatoms. The van der Waals surface area contributed by atoms with Gasteiger partial charge in [-0.3, -0.25) is 4.79 Å². The molecule has 0 bridgehead atoms. The fourth-order valence-corrected chi connectivity index (χ4v) is 3.70. The third-order valence-corrected chi connectivity index (χ3v) is 5.20. The van der Waals surface area contributed by atoms with E-state index in [1.807, 2.05) is 37.3 Å². The summed E-state index contributed by atoms with van der Waals surface area (Å²) in [5, 5.41) is 7.17. The van der Waals surface area contributed by atoms with Crippen molar-refractivity contribution in [3.8, 4) is 0 Å². The van der Waals surface area contributed by atoms with Crippen LogP contribution in [0.2, 0.25) is 10.0 Å². The summed E-state index contributed by atoms with van der Waals surface area (Å²) in [6.07, 6.45) is 1.31. The maximum atomic E-state index is 12.2. The lowest BCUT2D eigenvalue weighted by Gasteiger charge is -2.16. The summed E-state index contributed by atoms with van der Waals surface area (Å²) in [5.74, 6) is 0.190. The van der Waals surface area contributed by atoms with Gasteiger partial charge in [0.1, 0.15) is 6.10 Å². The molecule has 1 fully saturated rings. The molecule has 1 saturated heterocycles. The molecular formula is C21H24Cl2N4O2. The molecule has 0 aliphatic carbocycles. The Morgan fingerprint density at radius 3 is 2.86 bits per heavy atom. The summed E-state index contributed by atoms with van der Waals surface area (Å²) < 4.78 is 5.41. The van der Waals surface area contributed by atoms with Crippen LogP contribution in [0.1, 0.15) is 36.9 Å². The predicted molar refractivity (Wildman–Crippen MR) is 117 cm³/mol. The molecular weight excluding hydrogens is 411 g/mol. The van der Waals surface area contributed by atoms with E-state index in [9.17, 15) is 4.79 Å². The minimum Gasteiger partial charge on any atom is -0.370 e. The Morgan fingerprint density at radius 1 is 1.31 bits per heavy atom. The zero-order chi connectivity index (χ0) is 20.8. The van der Waals surface area contributed by atoms with Crippen LogP contribution in [-0.4, -0.2) is 24.6 Å². The highest BCUT2D eigenvalue weighted by Gasteiger charge is 2.23. The molecule has 2 aromatic rings. The molecule has 0 saturated carbocycles. The first-order chi connectivity index (χ1) is 13.9. The summed E-state index contributed by atoms with van der Waals surface area (Å²) in [6, 6.07) is 12.7. The Bertz CT molecular complexity index is 898. The van der Waals surface area contributed by atoms with Crippen LogP contribution >= 0.6 is 23.2 Å². The second kappa shape index (κ2) is 9.96. The lowest BCUT2D eigenvalue weighted by molar-refractivity contribution is -0.124. The number of aliphatic imine (C=N–C) groups is 1. The largest absolute Gasteiger partial charge is 0.370 e. The molecule has 1 aliphatic heterocycles. The van der Waals surface area contributed by atoms with Gasteiger partial charge in [-0.05, 0) is 55.2 Å². The van der Waals surface area contributed by atoms with Crippen LogP contribution in [0, 0.1) is 0 Å². The molecule has 2 atom stereocenters. The van der Waals surface area contributed by atoms with Crippen LogP contribution in [-0.2, 0) is 16.1 Å². The number of ether oxygens (including phenoxy) is 1. The number of hydrogen-bond acceptors (Lipinski definition) is 3. The second-order valence-electron chi connectivity index (χ2n) is 6.92. The Labute approximate surface area is 180 Å². The number of nitrogens with zero attached hydrogens (tertiary/aromatic N) is 1. The topological polar surface area (TPSA) is 88.7 Å². The van der Waals surface area contributed by atoms with Crippen molar-refractivity contribution in [1.29, 1.82) is 0 Å². The van der Waals surface area contributed by atoms with Gasteiger partial charge < -0.3 is 21.1 Å². The summed E-state index contributed by atoms with van der Waals surface area (Å²) in [5.41, 5.74) is 8.55. The van der Waals surface area contributed by atoms with Crippen molar-refractivity contribution >= 4 is 40.8 Å². The van der Waals surface area contributed by atoms with E-state index in [0.717, 1.165) is 24.0 Å². The summed E-state index contributed by atoms with van der Waals surface area (Å²) in [7, 11) is 0. The highest BCUT2D eigenvalue weighted by molar-refractivity contribution is 6.35. The number of rotatable bonds is 6. The third kappa shape index (κ3) is 6.10. The number of guanidine groups is 1. The number of hydrogen-bond donors (Lipinski definition) is 3. The molecule has 154 valence electrons. The van der Waals surface area contributed by atoms with E-state index in [4.69, 9.17) is 33.7 Å². The Morgan fingerprint density at radius 2 is 2.14 bits per heavy atom. The van der Waals surface area contributed by atoms with Crippen molar-refractivity contribution < 1.29 is 9.53 Å². The first-order valence-electron chi connectivity index (χ1n) is 9.45. The van der Waals surface area contributed by atoms with Crippen molar-refractivity contribution in [1.82, 2.24) is 5.32 Å². The first-order valence-corrected chi connectivity index (χ1v) is 10.2. The maximum absolute atomic E-state index is 12.2. The lowest BCUT2D eigenvalue weighted by atomic mass is 10.1. The van der Waals surface area contributed by atoms with E-state index in [0.29, 0.717) is 34.8 Å². The minimum absolute atomic E-state index is 0.113. The number of anilines is 1. The molecule has 0 spiro atoms. The van der Waals surface area contributed by atoms with E-state index < -0.39 is 0 Å². The molecule has 29 heavy (non-hydrogen) atoms. The van der Waals surface area contributed by atoms with Gasteiger partial charge in [-0.15, -0.1) is 0 Å². The number of benzene rings is 2. The van der Waals surface area contributed by atoms with Gasteiger partial charge in [-0.25, -0.2) is 4.99 Å². The van der Waals surface area contributed by atoms with Crippen molar-refractivity contribution in [2.24, 2.45) is 10.7 Å². The number of carbonyl (C=O) groups is 1. The number of halogens is 2. The van der Waals surface area contributed by atoms with Gasteiger partial charge in [0.15, 0.2) is 5.96 Å². The third-order valence-electron chi connectivity index (χ3n) is 4.64. The Kier molecular flexibility index (Phi) is 7.36. The predicted octanol–water partition coefficient (Wildman–Crippen LogP) is 4.28. The van der Waals surface area contributed by atoms with Crippen LogP contribution < -0.4 is 16.4 Å². The van der Waals surface area contributed by atoms with Crippen molar-refractivity contribution in [2.75, 3.05) is 11.9 Å². The number of carbonyl (C=O) groups excluding carboxylic acids is 1. The molecule has 2 aromatic carbocycles. The van der Waals surface area contributed by atoms with Gasteiger partial charge >= 0.3 is 0 Å². The van der Waals surface area contributed by atoms with E-state index in [2.05, 4.69) is 15.6 Å². The molecule has 3 rings (SSSR count). The number of nitrogens with two attached hydrogens (primary N) is 1. The van der Waals surface area contributed by atoms with Gasteiger partial charge in [0.25, 0.3) is 5.91 Å². The fraction of sp³-hybridized carbons (Fsp3) is 0.333. The highest BCUT2D eigenvalue weighted by Crippen LogP contribution is 2.26. The summed E-state index contributed by atoms with van der Waals surface area (Å²) in [6.45, 7) is 2.96. The normalized spacial score (nSPS) is 17.8. The fourth-order valence-electron chi connectivity index (χ4n) is 3.13. The van der Waals surface area contributed by atoms with E-state index in [-0.39, 0.29) is 18.1 Å². The maximum Gasteiger partial charge on any atom is 0.253 e. The summed E-state index contributed by atoms with van der Waals surface area (Å²) in [4.78, 5) is 16.6. The van der Waals surface area contributed by atoms with Gasteiger partial charge in [-0.1, -0.05) is 41.4 Å². The smallest absolute Gasteiger partial charge is 0.253 e. The average Bonchev–Trinajstić information content (AvgIpc) is 3.21. The van der Waals surface area contributed by atoms with Gasteiger partial charge in [0.05, 0.1) is 12.6 Å². The molecule has 0 aromatic heterocycles. The minimum atomic E-state index is -0.363. The Hall–Kier alpha value is -2.28. The molecule has 2 unspecified atom stereocenters. The average molecular weight is 435 g/mol. The second-order valence-corrected chi connectivity index (χ2v) is 7.77. The van der Waals surface area contributed by atoms with E-state index in [1.165, 1.54) is 0 Å². The quantitative estimate of drug-likeness (QED) is 0.467. The standard InChI is InChI=1S/C21H24Cl2N4O2/c1-13(17-8-7-15(22)11-18(17)23)26-21(24)25-12-14-4-2-5-16(10-14)27-20(28)19-6-3-9-29-19/h2,4-5,7-8,10-11,13,19H,3,6,9,12H2,1H3,(H,27,28)(H3,24,25,26). The lowest BCUT2D eigenvalue weighted by Crippen LogP contribution is -2.34. The zero-order valence-corrected chi connectivity index (χ0v) is 17.6. The molecule has 0 radical (unpaired) electrons. The molecule has 1 amide bonds. The first kappa shape index (κ1) is 21.4. The zero-order valence-electron chi connectivity index (χ0n) is 16.1. The van der Waals surface area contributed by atoms with Crippen LogP contribution in [0.3, 0.4) is 0 Å². The van der Waals surface area contributed by atoms with E-state index in [1.54, 1.807) is 12.1 Å². The van der Waals surface area contributed by atoms with Gasteiger partial charge in [0.2, 0.25) is 0 Å². The molecule has 1 heterocycles. The van der Waals surface area contributed by atoms with Crippen molar-refractivity contribution in [3.63, 3.8) is 0 Å². The summed E-state index contributed by atoms with van der Waals surface area (Å²) >= 11 is 12.2. The SMILES string of the molecule is CC(NC(N)=NCc1cccc(NC(=O)C2CCCO2)c1)c1ccc(Cl)cc1Cl. The van der Waals surface area contributed by atoms with Gasteiger partial charge in [-0.2, -0.15) is 0 Å². The monoisotopic (exact) mass is 434 g/mol. The highest BCUT2D eigenvalue weighted by atomic mass is 35.5. The molecule has 1 aliphatic rings. The molecule has 4 N–H and O–H groups in total. The van der Waals surface area contributed by atoms with Crippen molar-refractivity contribution in [2.45, 2.75) is 38.5 Å². The van der Waals surface area contributed by atoms with Crippen LogP contribution in [0.5, 0.6) is 0 Å².